The normalized spacial score (nSPS) is 13.8. The second kappa shape index (κ2) is 6.22. The second-order valence-electron chi connectivity index (χ2n) is 5.92. The van der Waals surface area contributed by atoms with Gasteiger partial charge in [-0.15, -0.1) is 0 Å². The van der Waals surface area contributed by atoms with Crippen LogP contribution >= 0.6 is 0 Å². The van der Waals surface area contributed by atoms with Gasteiger partial charge in [-0.25, -0.2) is 4.79 Å². The zero-order chi connectivity index (χ0) is 16.3. The number of carboxylic acid groups (broad SMARTS) is 1. The van der Waals surface area contributed by atoms with E-state index in [1.807, 2.05) is 38.2 Å². The summed E-state index contributed by atoms with van der Waals surface area (Å²) in [7, 11) is 0. The lowest BCUT2D eigenvalue weighted by Gasteiger charge is -2.25. The van der Waals surface area contributed by atoms with Crippen LogP contribution in [0.4, 0.5) is 0 Å². The van der Waals surface area contributed by atoms with Crippen LogP contribution in [-0.4, -0.2) is 27.5 Å². The maximum Gasteiger partial charge on any atom is 0.329 e. The lowest BCUT2D eigenvalue weighted by molar-refractivity contribution is -0.147. The molecule has 1 unspecified atom stereocenters. The van der Waals surface area contributed by atoms with Gasteiger partial charge >= 0.3 is 5.97 Å². The van der Waals surface area contributed by atoms with Crippen LogP contribution in [0.25, 0.3) is 10.9 Å². The van der Waals surface area contributed by atoms with Crippen molar-refractivity contribution in [2.45, 2.75) is 45.6 Å². The van der Waals surface area contributed by atoms with Gasteiger partial charge in [-0.2, -0.15) is 0 Å². The number of benzene rings is 1. The van der Waals surface area contributed by atoms with Crippen LogP contribution in [0.2, 0.25) is 0 Å². The van der Waals surface area contributed by atoms with Gasteiger partial charge in [0.25, 0.3) is 0 Å². The van der Waals surface area contributed by atoms with Gasteiger partial charge in [-0.05, 0) is 37.5 Å². The summed E-state index contributed by atoms with van der Waals surface area (Å²) in [5.41, 5.74) is 1.75. The molecule has 0 saturated heterocycles. The van der Waals surface area contributed by atoms with Gasteiger partial charge < -0.3 is 15.4 Å². The van der Waals surface area contributed by atoms with Gasteiger partial charge in [0.05, 0.1) is 6.42 Å². The minimum absolute atomic E-state index is 0.164. The van der Waals surface area contributed by atoms with Gasteiger partial charge in [-0.3, -0.25) is 4.79 Å². The highest BCUT2D eigenvalue weighted by atomic mass is 16.4. The largest absolute Gasteiger partial charge is 0.480 e. The minimum atomic E-state index is -1.22. The van der Waals surface area contributed by atoms with Gasteiger partial charge in [0.2, 0.25) is 5.91 Å². The molecule has 5 nitrogen and oxygen atoms in total. The number of nitrogens with one attached hydrogen (secondary N) is 2. The van der Waals surface area contributed by atoms with E-state index in [9.17, 15) is 14.7 Å². The third-order valence-corrected chi connectivity index (χ3v) is 3.98. The number of amides is 1. The molecule has 1 amide bonds. The first kappa shape index (κ1) is 16.1. The SMILES string of the molecule is CCCC(C)(NC(=O)Cc1c[nH]c2cccc(C)c12)C(=O)O. The first-order valence-corrected chi connectivity index (χ1v) is 7.47. The molecule has 0 aliphatic carbocycles. The number of rotatable bonds is 6. The summed E-state index contributed by atoms with van der Waals surface area (Å²) < 4.78 is 0. The molecule has 0 radical (unpaired) electrons. The molecule has 5 heteroatoms. The van der Waals surface area contributed by atoms with Crippen LogP contribution in [0.3, 0.4) is 0 Å². The molecule has 1 atom stereocenters. The number of hydrogen-bond acceptors (Lipinski definition) is 2. The zero-order valence-electron chi connectivity index (χ0n) is 13.2. The van der Waals surface area contributed by atoms with E-state index in [4.69, 9.17) is 0 Å². The first-order chi connectivity index (χ1) is 10.4. The molecule has 0 fully saturated rings. The fraction of sp³-hybridized carbons (Fsp3) is 0.412. The lowest BCUT2D eigenvalue weighted by Crippen LogP contribution is -2.52. The molecule has 2 rings (SSSR count). The number of H-pyrrole nitrogens is 1. The Morgan fingerprint density at radius 3 is 2.73 bits per heavy atom. The Labute approximate surface area is 129 Å². The molecule has 0 aliphatic heterocycles. The van der Waals surface area contributed by atoms with Crippen molar-refractivity contribution in [2.75, 3.05) is 0 Å². The fourth-order valence-corrected chi connectivity index (χ4v) is 2.84. The molecular formula is C17H22N2O3. The molecular weight excluding hydrogens is 280 g/mol. The molecule has 22 heavy (non-hydrogen) atoms. The molecule has 3 N–H and O–H groups in total. The molecule has 0 aliphatic rings. The third kappa shape index (κ3) is 3.13. The molecule has 118 valence electrons. The van der Waals surface area contributed by atoms with E-state index >= 15 is 0 Å². The minimum Gasteiger partial charge on any atom is -0.480 e. The number of hydrogen-bond donors (Lipinski definition) is 3. The van der Waals surface area contributed by atoms with Crippen molar-refractivity contribution >= 4 is 22.8 Å². The summed E-state index contributed by atoms with van der Waals surface area (Å²) in [6.45, 7) is 5.45. The van der Waals surface area contributed by atoms with Crippen molar-refractivity contribution in [3.63, 3.8) is 0 Å². The Morgan fingerprint density at radius 2 is 2.09 bits per heavy atom. The molecule has 0 spiro atoms. The van der Waals surface area contributed by atoms with Gasteiger partial charge in [0.1, 0.15) is 5.54 Å². The Kier molecular flexibility index (Phi) is 4.54. The lowest BCUT2D eigenvalue weighted by atomic mass is 9.95. The predicted octanol–water partition coefficient (Wildman–Crippen LogP) is 2.78. The maximum absolute atomic E-state index is 12.3. The van der Waals surface area contributed by atoms with Crippen LogP contribution in [0, 0.1) is 6.92 Å². The van der Waals surface area contributed by atoms with Crippen LogP contribution in [0.5, 0.6) is 0 Å². The number of aliphatic carboxylic acids is 1. The molecule has 1 aromatic heterocycles. The van der Waals surface area contributed by atoms with Crippen molar-refractivity contribution in [1.82, 2.24) is 10.3 Å². The highest BCUT2D eigenvalue weighted by molar-refractivity contribution is 5.93. The average molecular weight is 302 g/mol. The standard InChI is InChI=1S/C17H22N2O3/c1-4-8-17(3,16(21)22)19-14(20)9-12-10-18-13-7-5-6-11(2)15(12)13/h5-7,10,18H,4,8-9H2,1-3H3,(H,19,20)(H,21,22). The van der Waals surface area contributed by atoms with Crippen molar-refractivity contribution in [1.29, 1.82) is 0 Å². The van der Waals surface area contributed by atoms with E-state index in [-0.39, 0.29) is 12.3 Å². The summed E-state index contributed by atoms with van der Waals surface area (Å²) in [5, 5.41) is 13.0. The van der Waals surface area contributed by atoms with Crippen LogP contribution in [-0.2, 0) is 16.0 Å². The van der Waals surface area contributed by atoms with Crippen molar-refractivity contribution < 1.29 is 14.7 Å². The summed E-state index contributed by atoms with van der Waals surface area (Å²) in [6.07, 6.45) is 3.07. The van der Waals surface area contributed by atoms with Crippen LogP contribution in [0.1, 0.15) is 37.8 Å². The third-order valence-electron chi connectivity index (χ3n) is 3.98. The Bertz CT molecular complexity index is 705. The summed E-state index contributed by atoms with van der Waals surface area (Å²) in [5.74, 6) is -1.28. The summed E-state index contributed by atoms with van der Waals surface area (Å²) in [6, 6.07) is 5.92. The van der Waals surface area contributed by atoms with Gasteiger partial charge in [0, 0.05) is 17.1 Å². The second-order valence-corrected chi connectivity index (χ2v) is 5.92. The number of fused-ring (bicyclic) bond motifs is 1. The zero-order valence-corrected chi connectivity index (χ0v) is 13.2. The number of aromatic amines is 1. The first-order valence-electron chi connectivity index (χ1n) is 7.47. The molecule has 1 aromatic carbocycles. The van der Waals surface area contributed by atoms with Crippen molar-refractivity contribution in [3.8, 4) is 0 Å². The van der Waals surface area contributed by atoms with Gasteiger partial charge in [-0.1, -0.05) is 25.5 Å². The monoisotopic (exact) mass is 302 g/mol. The maximum atomic E-state index is 12.3. The van der Waals surface area contributed by atoms with Crippen molar-refractivity contribution in [3.05, 3.63) is 35.5 Å². The number of aromatic nitrogens is 1. The topological polar surface area (TPSA) is 82.2 Å². The molecule has 0 bridgehead atoms. The molecule has 0 saturated carbocycles. The van der Waals surface area contributed by atoms with Crippen LogP contribution in [0.15, 0.2) is 24.4 Å². The summed E-state index contributed by atoms with van der Waals surface area (Å²) >= 11 is 0. The Hall–Kier alpha value is -2.30. The highest BCUT2D eigenvalue weighted by Crippen LogP contribution is 2.23. The Balaban J connectivity index is 2.19. The molecule has 1 heterocycles. The van der Waals surface area contributed by atoms with E-state index < -0.39 is 11.5 Å². The van der Waals surface area contributed by atoms with Gasteiger partial charge in [0.15, 0.2) is 0 Å². The predicted molar refractivity (Wildman–Crippen MR) is 85.8 cm³/mol. The number of carboxylic acids is 1. The fourth-order valence-electron chi connectivity index (χ4n) is 2.84. The van der Waals surface area contributed by atoms with E-state index in [2.05, 4.69) is 10.3 Å². The quantitative estimate of drug-likeness (QED) is 0.767. The Morgan fingerprint density at radius 1 is 1.36 bits per heavy atom. The van der Waals surface area contributed by atoms with E-state index in [1.54, 1.807) is 6.92 Å². The smallest absolute Gasteiger partial charge is 0.329 e. The van der Waals surface area contributed by atoms with E-state index in [0.29, 0.717) is 12.8 Å². The number of carbonyl (C=O) groups excluding carboxylic acids is 1. The van der Waals surface area contributed by atoms with Crippen LogP contribution < -0.4 is 5.32 Å². The highest BCUT2D eigenvalue weighted by Gasteiger charge is 2.33. The van der Waals surface area contributed by atoms with E-state index in [1.165, 1.54) is 0 Å². The average Bonchev–Trinajstić information content (AvgIpc) is 2.83. The number of aryl methyl sites for hydroxylation is 1. The van der Waals surface area contributed by atoms with E-state index in [0.717, 1.165) is 22.0 Å². The number of carbonyl (C=O) groups is 2. The van der Waals surface area contributed by atoms with Crippen molar-refractivity contribution in [2.24, 2.45) is 0 Å². The summed E-state index contributed by atoms with van der Waals surface area (Å²) in [4.78, 5) is 26.8. The molecule has 2 aromatic rings.